The first kappa shape index (κ1) is 20.6. The van der Waals surface area contributed by atoms with E-state index in [9.17, 15) is 23.1 Å². The Morgan fingerprint density at radius 1 is 1.13 bits per heavy atom. The van der Waals surface area contributed by atoms with E-state index in [-0.39, 0.29) is 24.3 Å². The Hall–Kier alpha value is -2.67. The average molecular weight is 531 g/mol. The number of carbonyl (C=O) groups excluding carboxylic acids is 1. The Balaban J connectivity index is 0.000000372. The van der Waals surface area contributed by atoms with Crippen LogP contribution in [0.1, 0.15) is 17.3 Å². The summed E-state index contributed by atoms with van der Waals surface area (Å²) in [5, 5.41) is 15.1. The fourth-order valence-corrected chi connectivity index (χ4v) is 3.47. The fraction of sp³-hybridized carbons (Fsp3) is 0.211. The largest absolute Gasteiger partial charge is 0.386 e. The number of halogens is 4. The number of anilines is 2. The van der Waals surface area contributed by atoms with Crippen molar-refractivity contribution in [3.63, 3.8) is 0 Å². The number of H-pyrrole nitrogens is 1. The molecule has 0 bridgehead atoms. The van der Waals surface area contributed by atoms with Gasteiger partial charge in [-0.2, -0.15) is 14.5 Å². The molecule has 1 fully saturated rings. The minimum atomic E-state index is -1.27. The minimum absolute atomic E-state index is 0.0745. The highest BCUT2D eigenvalue weighted by Gasteiger charge is 2.40. The average Bonchev–Trinajstić information content (AvgIpc) is 3.24. The van der Waals surface area contributed by atoms with Crippen LogP contribution in [0.4, 0.5) is 24.5 Å². The number of β-amino-alcohol motifs (C(OH)–C–C–N with tert-alkyl or cyclic N) is 1. The molecule has 1 saturated heterocycles. The van der Waals surface area contributed by atoms with Crippen LogP contribution in [0.3, 0.4) is 0 Å². The summed E-state index contributed by atoms with van der Waals surface area (Å²) in [6.07, 6.45) is 3.89. The van der Waals surface area contributed by atoms with Crippen molar-refractivity contribution in [3.05, 3.63) is 69.3 Å². The van der Waals surface area contributed by atoms with Crippen LogP contribution in [0.25, 0.3) is 0 Å². The van der Waals surface area contributed by atoms with Crippen molar-refractivity contribution in [2.24, 2.45) is 0 Å². The summed E-state index contributed by atoms with van der Waals surface area (Å²) in [5.74, 6) is -3.64. The maximum atomic E-state index is 14.3. The number of hydrogen-bond acceptors (Lipinski definition) is 3. The van der Waals surface area contributed by atoms with E-state index in [1.165, 1.54) is 17.0 Å². The molecule has 1 amide bonds. The molecule has 158 valence electrons. The molecule has 7 nitrogen and oxygen atoms in total. The SMILES string of the molecule is CC1(O)CN(C(=O)c2ccc(F)c(F)c2Nc2ccc(I)cc2F)C1.c1cn2[nH]n12. The van der Waals surface area contributed by atoms with Crippen molar-refractivity contribution in [2.45, 2.75) is 12.5 Å². The fourth-order valence-electron chi connectivity index (χ4n) is 3.02. The first-order chi connectivity index (χ1) is 14.1. The van der Waals surface area contributed by atoms with Gasteiger partial charge in [-0.25, -0.2) is 13.2 Å². The normalized spacial score (nSPS) is 15.1. The van der Waals surface area contributed by atoms with Gasteiger partial charge in [0.1, 0.15) is 5.82 Å². The highest BCUT2D eigenvalue weighted by Crippen LogP contribution is 2.31. The molecule has 4 aromatic rings. The molecule has 3 heterocycles. The van der Waals surface area contributed by atoms with Crippen molar-refractivity contribution >= 4 is 39.9 Å². The van der Waals surface area contributed by atoms with Gasteiger partial charge in [0, 0.05) is 3.57 Å². The molecule has 11 heteroatoms. The number of nitrogens with one attached hydrogen (secondary N) is 2. The van der Waals surface area contributed by atoms with Crippen LogP contribution < -0.4 is 5.32 Å². The number of nitrogens with zero attached hydrogens (tertiary/aromatic N) is 3. The molecule has 3 N–H and O–H groups in total. The Morgan fingerprint density at radius 3 is 2.30 bits per heavy atom. The van der Waals surface area contributed by atoms with Gasteiger partial charge in [-0.15, -0.1) is 0 Å². The van der Waals surface area contributed by atoms with Crippen LogP contribution in [0.15, 0.2) is 42.7 Å². The third-order valence-electron chi connectivity index (χ3n) is 4.61. The van der Waals surface area contributed by atoms with E-state index >= 15 is 0 Å². The topological polar surface area (TPSA) is 77.2 Å². The van der Waals surface area contributed by atoms with Crippen LogP contribution in [-0.2, 0) is 0 Å². The first-order valence-electron chi connectivity index (χ1n) is 8.89. The highest BCUT2D eigenvalue weighted by molar-refractivity contribution is 14.1. The maximum absolute atomic E-state index is 14.3. The van der Waals surface area contributed by atoms with Gasteiger partial charge in [0.25, 0.3) is 5.91 Å². The van der Waals surface area contributed by atoms with Crippen LogP contribution in [0, 0.1) is 21.0 Å². The number of aliphatic hydroxyl groups is 1. The van der Waals surface area contributed by atoms with Crippen molar-refractivity contribution in [2.75, 3.05) is 18.4 Å². The van der Waals surface area contributed by atoms with Crippen LogP contribution in [0.5, 0.6) is 0 Å². The van der Waals surface area contributed by atoms with E-state index in [0.717, 1.165) is 12.1 Å². The summed E-state index contributed by atoms with van der Waals surface area (Å²) in [4.78, 5) is 13.8. The zero-order chi connectivity index (χ0) is 21.6. The monoisotopic (exact) mass is 531 g/mol. The predicted octanol–water partition coefficient (Wildman–Crippen LogP) is 3.46. The second kappa shape index (κ2) is 7.54. The van der Waals surface area contributed by atoms with E-state index < -0.39 is 34.6 Å². The molecule has 0 atom stereocenters. The molecule has 1 aliphatic rings. The van der Waals surface area contributed by atoms with Crippen LogP contribution >= 0.6 is 22.6 Å². The Morgan fingerprint density at radius 2 is 1.80 bits per heavy atom. The molecular weight excluding hydrogens is 514 g/mol. The van der Waals surface area contributed by atoms with Crippen molar-refractivity contribution < 1.29 is 23.1 Å². The minimum Gasteiger partial charge on any atom is -0.386 e. The van der Waals surface area contributed by atoms with E-state index in [1.807, 2.05) is 44.2 Å². The Kier molecular flexibility index (Phi) is 5.18. The van der Waals surface area contributed by atoms with Gasteiger partial charge in [-0.3, -0.25) is 4.79 Å². The van der Waals surface area contributed by atoms with Crippen molar-refractivity contribution in [1.82, 2.24) is 19.4 Å². The number of hydrogen-bond donors (Lipinski definition) is 3. The van der Waals surface area contributed by atoms with Crippen LogP contribution in [-0.4, -0.2) is 49.1 Å². The van der Waals surface area contributed by atoms with E-state index in [1.54, 1.807) is 13.0 Å². The second-order valence-electron chi connectivity index (χ2n) is 7.28. The Labute approximate surface area is 182 Å². The number of carbonyl (C=O) groups is 1. The summed E-state index contributed by atoms with van der Waals surface area (Å²) >= 11 is 1.92. The zero-order valence-electron chi connectivity index (χ0n) is 15.7. The molecule has 0 unspecified atom stereocenters. The third-order valence-corrected chi connectivity index (χ3v) is 5.28. The lowest BCUT2D eigenvalue weighted by Crippen LogP contribution is -2.61. The van der Waals surface area contributed by atoms with Gasteiger partial charge in [0.2, 0.25) is 0 Å². The van der Waals surface area contributed by atoms with Gasteiger partial charge >= 0.3 is 0 Å². The summed E-state index contributed by atoms with van der Waals surface area (Å²) in [7, 11) is 0. The molecule has 0 saturated carbocycles. The van der Waals surface area contributed by atoms with Gasteiger partial charge in [-0.1, -0.05) is 0 Å². The zero-order valence-corrected chi connectivity index (χ0v) is 17.8. The molecule has 0 radical (unpaired) electrons. The highest BCUT2D eigenvalue weighted by atomic mass is 127. The second-order valence-corrected chi connectivity index (χ2v) is 8.52. The van der Waals surface area contributed by atoms with Crippen molar-refractivity contribution in [1.29, 1.82) is 0 Å². The lowest BCUT2D eigenvalue weighted by molar-refractivity contribution is -0.0668. The number of amides is 1. The molecule has 2 aromatic heterocycles. The number of aromatic nitrogens is 3. The molecule has 0 spiro atoms. The number of fused-ring (bicyclic) bond motifs is 1. The first-order valence-corrected chi connectivity index (χ1v) is 9.97. The number of aromatic amines is 1. The molecule has 2 aromatic carbocycles. The lowest BCUT2D eigenvalue weighted by Gasteiger charge is -2.44. The quantitative estimate of drug-likeness (QED) is 0.355. The summed E-state index contributed by atoms with van der Waals surface area (Å²) in [6.45, 7) is 1.74. The number of likely N-dealkylation sites (tertiary alicyclic amines) is 1. The maximum Gasteiger partial charge on any atom is 0.256 e. The summed E-state index contributed by atoms with van der Waals surface area (Å²) in [5.41, 5.74) is -1.64. The van der Waals surface area contributed by atoms with Gasteiger partial charge in [0.05, 0.1) is 48.0 Å². The van der Waals surface area contributed by atoms with E-state index in [2.05, 4.69) is 10.5 Å². The van der Waals surface area contributed by atoms with Crippen LogP contribution in [0.2, 0.25) is 0 Å². The standard InChI is InChI=1S/C17H14F3IN2O2.C2H3N3/c1-17(25)7-23(8-17)16(24)10-3-4-11(18)14(20)15(10)22-13-5-2-9(21)6-12(13)19;1-2-5-3-4(1)5/h2-6,22,25H,7-8H2,1H3;1-3H. The lowest BCUT2D eigenvalue weighted by atomic mass is 9.95. The molecule has 0 aliphatic carbocycles. The summed E-state index contributed by atoms with van der Waals surface area (Å²) < 4.78 is 46.3. The van der Waals surface area contributed by atoms with Gasteiger partial charge in [0.15, 0.2) is 11.6 Å². The van der Waals surface area contributed by atoms with E-state index in [0.29, 0.717) is 3.57 Å². The predicted molar refractivity (Wildman–Crippen MR) is 112 cm³/mol. The molecule has 5 rings (SSSR count). The molecular formula is C19H17F3IN5O2. The molecule has 1 aliphatic heterocycles. The van der Waals surface area contributed by atoms with Crippen molar-refractivity contribution in [3.8, 4) is 0 Å². The van der Waals surface area contributed by atoms with E-state index in [4.69, 9.17) is 0 Å². The number of rotatable bonds is 3. The summed E-state index contributed by atoms with van der Waals surface area (Å²) in [6, 6.07) is 6.19. The van der Waals surface area contributed by atoms with Gasteiger partial charge < -0.3 is 15.3 Å². The number of benzene rings is 2. The third kappa shape index (κ3) is 4.12. The Bertz CT molecular complexity index is 1160. The smallest absolute Gasteiger partial charge is 0.256 e. The van der Waals surface area contributed by atoms with Gasteiger partial charge in [-0.05, 0) is 59.8 Å². The molecule has 30 heavy (non-hydrogen) atoms.